The van der Waals surface area contributed by atoms with E-state index < -0.39 is 0 Å². The van der Waals surface area contributed by atoms with Crippen molar-refractivity contribution in [2.75, 3.05) is 11.9 Å². The number of nitrogens with zero attached hydrogens (tertiary/aromatic N) is 1. The summed E-state index contributed by atoms with van der Waals surface area (Å²) in [5.41, 5.74) is 7.75. The molecule has 5 heteroatoms. The molecule has 0 bridgehead atoms. The molecule has 0 spiro atoms. The number of carbonyl (C=O) groups is 1. The van der Waals surface area contributed by atoms with Crippen molar-refractivity contribution in [3.63, 3.8) is 0 Å². The molecule has 0 unspecified atom stereocenters. The molecule has 1 fully saturated rings. The molecule has 1 aliphatic carbocycles. The van der Waals surface area contributed by atoms with E-state index in [-0.39, 0.29) is 5.91 Å². The Labute approximate surface area is 132 Å². The fourth-order valence-corrected chi connectivity index (χ4v) is 2.32. The van der Waals surface area contributed by atoms with Gasteiger partial charge in [-0.3, -0.25) is 4.79 Å². The minimum absolute atomic E-state index is 0.0534. The van der Waals surface area contributed by atoms with Gasteiger partial charge in [0.05, 0.1) is 6.54 Å². The number of amides is 1. The van der Waals surface area contributed by atoms with Crippen LogP contribution in [-0.4, -0.2) is 18.4 Å². The molecule has 1 aliphatic rings. The summed E-state index contributed by atoms with van der Waals surface area (Å²) in [6.45, 7) is 3.47. The summed E-state index contributed by atoms with van der Waals surface area (Å²) in [6, 6.07) is 7.72. The standard InChI is InChI=1S/C17H26N4O/c1-2-4-16(22)21-15-9-7-14(8-10-15)12-20-17(18)19-11-13-5-3-6-13/h7-10,13H,2-6,11-12H2,1H3,(H,21,22)(H3,18,19,20). The summed E-state index contributed by atoms with van der Waals surface area (Å²) < 4.78 is 0. The lowest BCUT2D eigenvalue weighted by atomic mass is 9.85. The van der Waals surface area contributed by atoms with E-state index in [1.165, 1.54) is 19.3 Å². The van der Waals surface area contributed by atoms with E-state index in [1.807, 2.05) is 31.2 Å². The number of benzene rings is 1. The van der Waals surface area contributed by atoms with E-state index in [4.69, 9.17) is 5.73 Å². The second-order valence-electron chi connectivity index (χ2n) is 5.87. The molecule has 0 radical (unpaired) electrons. The first-order valence-electron chi connectivity index (χ1n) is 8.10. The molecule has 1 aromatic carbocycles. The SMILES string of the molecule is CCCC(=O)Nc1ccc(CN=C(N)NCC2CCC2)cc1. The van der Waals surface area contributed by atoms with Crippen LogP contribution in [0.3, 0.4) is 0 Å². The van der Waals surface area contributed by atoms with Crippen LogP contribution in [0, 0.1) is 5.92 Å². The molecule has 120 valence electrons. The maximum absolute atomic E-state index is 11.5. The fourth-order valence-electron chi connectivity index (χ4n) is 2.32. The smallest absolute Gasteiger partial charge is 0.224 e. The van der Waals surface area contributed by atoms with E-state index >= 15 is 0 Å². The Morgan fingerprint density at radius 3 is 2.64 bits per heavy atom. The monoisotopic (exact) mass is 302 g/mol. The van der Waals surface area contributed by atoms with Gasteiger partial charge in [-0.1, -0.05) is 25.5 Å². The molecule has 0 heterocycles. The van der Waals surface area contributed by atoms with Gasteiger partial charge in [-0.05, 0) is 42.9 Å². The zero-order chi connectivity index (χ0) is 15.8. The van der Waals surface area contributed by atoms with Gasteiger partial charge >= 0.3 is 0 Å². The number of anilines is 1. The summed E-state index contributed by atoms with van der Waals surface area (Å²) in [4.78, 5) is 15.9. The average molecular weight is 302 g/mol. The highest BCUT2D eigenvalue weighted by molar-refractivity contribution is 5.90. The van der Waals surface area contributed by atoms with Gasteiger partial charge in [0.2, 0.25) is 5.91 Å². The van der Waals surface area contributed by atoms with Crippen molar-refractivity contribution in [1.82, 2.24) is 5.32 Å². The largest absolute Gasteiger partial charge is 0.370 e. The molecule has 22 heavy (non-hydrogen) atoms. The maximum atomic E-state index is 11.5. The van der Waals surface area contributed by atoms with Crippen molar-refractivity contribution in [2.45, 2.75) is 45.6 Å². The van der Waals surface area contributed by atoms with Crippen LogP contribution in [0.1, 0.15) is 44.6 Å². The van der Waals surface area contributed by atoms with E-state index in [2.05, 4.69) is 15.6 Å². The van der Waals surface area contributed by atoms with Crippen LogP contribution >= 0.6 is 0 Å². The number of rotatable bonds is 7. The van der Waals surface area contributed by atoms with Gasteiger partial charge in [-0.2, -0.15) is 0 Å². The van der Waals surface area contributed by atoms with Crippen LogP contribution in [0.25, 0.3) is 0 Å². The molecule has 5 nitrogen and oxygen atoms in total. The van der Waals surface area contributed by atoms with Crippen LogP contribution in [0.15, 0.2) is 29.3 Å². The number of guanidine groups is 1. The number of carbonyl (C=O) groups excluding carboxylic acids is 1. The van der Waals surface area contributed by atoms with Crippen LogP contribution in [0.2, 0.25) is 0 Å². The molecule has 2 rings (SSSR count). The minimum Gasteiger partial charge on any atom is -0.370 e. The summed E-state index contributed by atoms with van der Waals surface area (Å²) in [5.74, 6) is 1.32. The lowest BCUT2D eigenvalue weighted by Gasteiger charge is -2.25. The van der Waals surface area contributed by atoms with E-state index in [0.717, 1.165) is 30.1 Å². The molecule has 0 atom stereocenters. The van der Waals surface area contributed by atoms with Gasteiger partial charge < -0.3 is 16.4 Å². The lowest BCUT2D eigenvalue weighted by molar-refractivity contribution is -0.116. The zero-order valence-corrected chi connectivity index (χ0v) is 13.3. The topological polar surface area (TPSA) is 79.5 Å². The molecule has 0 aliphatic heterocycles. The van der Waals surface area contributed by atoms with Gasteiger partial charge in [0.1, 0.15) is 0 Å². The van der Waals surface area contributed by atoms with Gasteiger partial charge in [0.15, 0.2) is 5.96 Å². The minimum atomic E-state index is 0.0534. The number of nitrogens with one attached hydrogen (secondary N) is 2. The number of aliphatic imine (C=N–C) groups is 1. The number of nitrogens with two attached hydrogens (primary N) is 1. The second kappa shape index (κ2) is 8.41. The molecular formula is C17H26N4O. The fraction of sp³-hybridized carbons (Fsp3) is 0.529. The van der Waals surface area contributed by atoms with Crippen molar-refractivity contribution >= 4 is 17.6 Å². The molecule has 1 aromatic rings. The molecule has 4 N–H and O–H groups in total. The van der Waals surface area contributed by atoms with Crippen molar-refractivity contribution in [1.29, 1.82) is 0 Å². The Morgan fingerprint density at radius 2 is 2.05 bits per heavy atom. The molecule has 1 saturated carbocycles. The van der Waals surface area contributed by atoms with Gasteiger partial charge in [0, 0.05) is 18.7 Å². The maximum Gasteiger partial charge on any atom is 0.224 e. The quantitative estimate of drug-likeness (QED) is 0.535. The van der Waals surface area contributed by atoms with Crippen molar-refractivity contribution in [2.24, 2.45) is 16.6 Å². The highest BCUT2D eigenvalue weighted by Crippen LogP contribution is 2.24. The van der Waals surface area contributed by atoms with Crippen molar-refractivity contribution < 1.29 is 4.79 Å². The second-order valence-corrected chi connectivity index (χ2v) is 5.87. The summed E-state index contributed by atoms with van der Waals surface area (Å²) >= 11 is 0. The van der Waals surface area contributed by atoms with Crippen molar-refractivity contribution in [3.05, 3.63) is 29.8 Å². The van der Waals surface area contributed by atoms with Crippen LogP contribution < -0.4 is 16.4 Å². The van der Waals surface area contributed by atoms with Gasteiger partial charge in [-0.15, -0.1) is 0 Å². The Morgan fingerprint density at radius 1 is 1.32 bits per heavy atom. The van der Waals surface area contributed by atoms with Crippen LogP contribution in [-0.2, 0) is 11.3 Å². The summed E-state index contributed by atoms with van der Waals surface area (Å²) in [5, 5.41) is 6.05. The number of hydrogen-bond donors (Lipinski definition) is 3. The third-order valence-electron chi connectivity index (χ3n) is 3.94. The molecule has 1 amide bonds. The van der Waals surface area contributed by atoms with E-state index in [9.17, 15) is 4.79 Å². The summed E-state index contributed by atoms with van der Waals surface area (Å²) in [6.07, 6.45) is 5.34. The Kier molecular flexibility index (Phi) is 6.25. The molecular weight excluding hydrogens is 276 g/mol. The predicted octanol–water partition coefficient (Wildman–Crippen LogP) is 2.63. The van der Waals surface area contributed by atoms with E-state index in [0.29, 0.717) is 18.9 Å². The molecule has 0 saturated heterocycles. The normalized spacial score (nSPS) is 15.2. The third kappa shape index (κ3) is 5.39. The summed E-state index contributed by atoms with van der Waals surface area (Å²) in [7, 11) is 0. The Bertz CT molecular complexity index is 506. The van der Waals surface area contributed by atoms with Crippen LogP contribution in [0.4, 0.5) is 5.69 Å². The third-order valence-corrected chi connectivity index (χ3v) is 3.94. The lowest BCUT2D eigenvalue weighted by Crippen LogP contribution is -2.37. The number of hydrogen-bond acceptors (Lipinski definition) is 2. The van der Waals surface area contributed by atoms with Crippen molar-refractivity contribution in [3.8, 4) is 0 Å². The van der Waals surface area contributed by atoms with Gasteiger partial charge in [-0.25, -0.2) is 4.99 Å². The first-order chi connectivity index (χ1) is 10.7. The first-order valence-corrected chi connectivity index (χ1v) is 8.10. The van der Waals surface area contributed by atoms with Crippen LogP contribution in [0.5, 0.6) is 0 Å². The predicted molar refractivity (Wildman–Crippen MR) is 90.6 cm³/mol. The zero-order valence-electron chi connectivity index (χ0n) is 13.3. The average Bonchev–Trinajstić information content (AvgIpc) is 2.45. The molecule has 0 aromatic heterocycles. The first kappa shape index (κ1) is 16.3. The Hall–Kier alpha value is -2.04. The highest BCUT2D eigenvalue weighted by Gasteiger charge is 2.16. The Balaban J connectivity index is 1.76. The van der Waals surface area contributed by atoms with E-state index in [1.54, 1.807) is 0 Å². The van der Waals surface area contributed by atoms with Gasteiger partial charge in [0.25, 0.3) is 0 Å². The highest BCUT2D eigenvalue weighted by atomic mass is 16.1.